The Balaban J connectivity index is 2.59. The summed E-state index contributed by atoms with van der Waals surface area (Å²) in [7, 11) is 0. The molecular formula is C13H9ClN2. The van der Waals surface area contributed by atoms with Crippen molar-refractivity contribution in [3.63, 3.8) is 0 Å². The summed E-state index contributed by atoms with van der Waals surface area (Å²) in [5, 5.41) is 9.63. The van der Waals surface area contributed by atoms with E-state index in [9.17, 15) is 0 Å². The van der Waals surface area contributed by atoms with Gasteiger partial charge in [-0.3, -0.25) is 4.98 Å². The quantitative estimate of drug-likeness (QED) is 0.748. The van der Waals surface area contributed by atoms with Crippen molar-refractivity contribution in [2.45, 2.75) is 6.92 Å². The molecule has 0 saturated heterocycles. The molecule has 2 rings (SSSR count). The smallest absolute Gasteiger partial charge is 0.0998 e. The van der Waals surface area contributed by atoms with Crippen LogP contribution >= 0.6 is 11.6 Å². The molecule has 0 bridgehead atoms. The monoisotopic (exact) mass is 228 g/mol. The fourth-order valence-corrected chi connectivity index (χ4v) is 1.65. The van der Waals surface area contributed by atoms with Gasteiger partial charge in [0.25, 0.3) is 0 Å². The van der Waals surface area contributed by atoms with Gasteiger partial charge in [-0.25, -0.2) is 0 Å². The second-order valence-electron chi connectivity index (χ2n) is 3.49. The van der Waals surface area contributed by atoms with Crippen LogP contribution < -0.4 is 0 Å². The number of halogens is 1. The lowest BCUT2D eigenvalue weighted by molar-refractivity contribution is 1.20. The van der Waals surface area contributed by atoms with E-state index in [1.165, 1.54) is 0 Å². The first-order valence-electron chi connectivity index (χ1n) is 4.83. The predicted octanol–water partition coefficient (Wildman–Crippen LogP) is 3.58. The number of aryl methyl sites for hydroxylation is 1. The topological polar surface area (TPSA) is 36.7 Å². The van der Waals surface area contributed by atoms with E-state index < -0.39 is 0 Å². The van der Waals surface area contributed by atoms with E-state index in [0.717, 1.165) is 16.8 Å². The standard InChI is InChI=1S/C13H9ClN2/c1-9-2-3-11(8-16-9)13-6-12(14)5-4-10(13)7-15/h2-6,8H,1H3. The fourth-order valence-electron chi connectivity index (χ4n) is 1.48. The van der Waals surface area contributed by atoms with E-state index >= 15 is 0 Å². The first kappa shape index (κ1) is 10.7. The summed E-state index contributed by atoms with van der Waals surface area (Å²) in [5.41, 5.74) is 3.28. The molecule has 0 saturated carbocycles. The highest BCUT2D eigenvalue weighted by Gasteiger charge is 2.05. The van der Waals surface area contributed by atoms with E-state index in [-0.39, 0.29) is 0 Å². The van der Waals surface area contributed by atoms with Gasteiger partial charge >= 0.3 is 0 Å². The predicted molar refractivity (Wildman–Crippen MR) is 64.1 cm³/mol. The van der Waals surface area contributed by atoms with Gasteiger partial charge in [0, 0.05) is 28.0 Å². The van der Waals surface area contributed by atoms with Gasteiger partial charge < -0.3 is 0 Å². The Morgan fingerprint density at radius 2 is 2.06 bits per heavy atom. The molecule has 0 fully saturated rings. The molecule has 1 aromatic heterocycles. The van der Waals surface area contributed by atoms with Crippen LogP contribution in [0.2, 0.25) is 5.02 Å². The summed E-state index contributed by atoms with van der Waals surface area (Å²) in [6.45, 7) is 1.92. The minimum atomic E-state index is 0.607. The summed E-state index contributed by atoms with van der Waals surface area (Å²) in [6, 6.07) is 11.2. The Bertz CT molecular complexity index is 553. The van der Waals surface area contributed by atoms with Crippen molar-refractivity contribution >= 4 is 11.6 Å². The molecule has 2 nitrogen and oxygen atoms in total. The SMILES string of the molecule is Cc1ccc(-c2cc(Cl)ccc2C#N)cn1. The van der Waals surface area contributed by atoms with Crippen molar-refractivity contribution in [3.05, 3.63) is 52.8 Å². The normalized spacial score (nSPS) is 9.81. The minimum absolute atomic E-state index is 0.607. The number of rotatable bonds is 1. The average molecular weight is 229 g/mol. The molecule has 0 N–H and O–H groups in total. The Labute approximate surface area is 99.1 Å². The first-order valence-corrected chi connectivity index (χ1v) is 5.21. The lowest BCUT2D eigenvalue weighted by atomic mass is 10.0. The second-order valence-corrected chi connectivity index (χ2v) is 3.93. The molecule has 3 heteroatoms. The summed E-state index contributed by atoms with van der Waals surface area (Å²) >= 11 is 5.93. The number of pyridine rings is 1. The number of nitriles is 1. The summed E-state index contributed by atoms with van der Waals surface area (Å²) < 4.78 is 0. The number of hydrogen-bond donors (Lipinski definition) is 0. The van der Waals surface area contributed by atoms with Crippen LogP contribution in [0.25, 0.3) is 11.1 Å². The molecular weight excluding hydrogens is 220 g/mol. The van der Waals surface area contributed by atoms with Crippen LogP contribution in [0.4, 0.5) is 0 Å². The van der Waals surface area contributed by atoms with Crippen LogP contribution in [-0.4, -0.2) is 4.98 Å². The molecule has 0 atom stereocenters. The zero-order chi connectivity index (χ0) is 11.5. The molecule has 0 radical (unpaired) electrons. The summed E-state index contributed by atoms with van der Waals surface area (Å²) in [4.78, 5) is 4.21. The maximum atomic E-state index is 9.01. The van der Waals surface area contributed by atoms with Crippen LogP contribution in [0.15, 0.2) is 36.5 Å². The first-order chi connectivity index (χ1) is 7.70. The van der Waals surface area contributed by atoms with E-state index in [4.69, 9.17) is 16.9 Å². The van der Waals surface area contributed by atoms with Crippen molar-refractivity contribution in [3.8, 4) is 17.2 Å². The Morgan fingerprint density at radius 1 is 1.25 bits per heavy atom. The van der Waals surface area contributed by atoms with Gasteiger partial charge in [0.2, 0.25) is 0 Å². The molecule has 2 aromatic rings. The Hall–Kier alpha value is -1.85. The Kier molecular flexibility index (Phi) is 2.89. The van der Waals surface area contributed by atoms with Crippen LogP contribution in [0, 0.1) is 18.3 Å². The maximum Gasteiger partial charge on any atom is 0.0998 e. The molecule has 1 aromatic carbocycles. The molecule has 0 unspecified atom stereocenters. The van der Waals surface area contributed by atoms with Gasteiger partial charge in [-0.15, -0.1) is 0 Å². The average Bonchev–Trinajstić information content (AvgIpc) is 2.30. The highest BCUT2D eigenvalue weighted by atomic mass is 35.5. The van der Waals surface area contributed by atoms with Crippen molar-refractivity contribution in [2.24, 2.45) is 0 Å². The van der Waals surface area contributed by atoms with Gasteiger partial charge in [0.15, 0.2) is 0 Å². The number of hydrogen-bond acceptors (Lipinski definition) is 2. The zero-order valence-corrected chi connectivity index (χ0v) is 9.49. The molecule has 16 heavy (non-hydrogen) atoms. The molecule has 1 heterocycles. The highest BCUT2D eigenvalue weighted by Crippen LogP contribution is 2.26. The largest absolute Gasteiger partial charge is 0.261 e. The van der Waals surface area contributed by atoms with Crippen molar-refractivity contribution < 1.29 is 0 Å². The van der Waals surface area contributed by atoms with Gasteiger partial charge in [-0.1, -0.05) is 17.7 Å². The minimum Gasteiger partial charge on any atom is -0.261 e. The zero-order valence-electron chi connectivity index (χ0n) is 8.74. The van der Waals surface area contributed by atoms with Crippen molar-refractivity contribution in [2.75, 3.05) is 0 Å². The van der Waals surface area contributed by atoms with Gasteiger partial charge in [-0.05, 0) is 31.2 Å². The summed E-state index contributed by atoms with van der Waals surface area (Å²) in [6.07, 6.45) is 1.75. The lowest BCUT2D eigenvalue weighted by Gasteiger charge is -2.04. The molecule has 0 spiro atoms. The number of benzene rings is 1. The maximum absolute atomic E-state index is 9.01. The molecule has 0 aliphatic carbocycles. The lowest BCUT2D eigenvalue weighted by Crippen LogP contribution is -1.87. The van der Waals surface area contributed by atoms with E-state index in [1.807, 2.05) is 19.1 Å². The summed E-state index contributed by atoms with van der Waals surface area (Å²) in [5.74, 6) is 0. The molecule has 78 valence electrons. The fraction of sp³-hybridized carbons (Fsp3) is 0.0769. The van der Waals surface area contributed by atoms with Crippen molar-refractivity contribution in [1.29, 1.82) is 5.26 Å². The van der Waals surface area contributed by atoms with Crippen LogP contribution in [-0.2, 0) is 0 Å². The third kappa shape index (κ3) is 2.05. The van der Waals surface area contributed by atoms with Crippen LogP contribution in [0.5, 0.6) is 0 Å². The molecule has 0 amide bonds. The molecule has 0 aliphatic heterocycles. The van der Waals surface area contributed by atoms with E-state index in [1.54, 1.807) is 24.4 Å². The van der Waals surface area contributed by atoms with Crippen LogP contribution in [0.3, 0.4) is 0 Å². The number of aromatic nitrogens is 1. The van der Waals surface area contributed by atoms with Gasteiger partial charge in [0.05, 0.1) is 11.6 Å². The Morgan fingerprint density at radius 3 is 2.69 bits per heavy atom. The van der Waals surface area contributed by atoms with Gasteiger partial charge in [-0.2, -0.15) is 5.26 Å². The van der Waals surface area contributed by atoms with Crippen molar-refractivity contribution in [1.82, 2.24) is 4.98 Å². The van der Waals surface area contributed by atoms with Crippen LogP contribution in [0.1, 0.15) is 11.3 Å². The second kappa shape index (κ2) is 4.34. The van der Waals surface area contributed by atoms with Gasteiger partial charge in [0.1, 0.15) is 0 Å². The van der Waals surface area contributed by atoms with E-state index in [0.29, 0.717) is 10.6 Å². The van der Waals surface area contributed by atoms with E-state index in [2.05, 4.69) is 11.1 Å². The third-order valence-corrected chi connectivity index (χ3v) is 2.56. The number of nitrogens with zero attached hydrogens (tertiary/aromatic N) is 2. The third-order valence-electron chi connectivity index (χ3n) is 2.32. The highest BCUT2D eigenvalue weighted by molar-refractivity contribution is 6.30. The molecule has 0 aliphatic rings.